The van der Waals surface area contributed by atoms with E-state index in [0.29, 0.717) is 35.0 Å². The molecule has 0 N–H and O–H groups in total. The fourth-order valence-corrected chi connectivity index (χ4v) is 4.93. The van der Waals surface area contributed by atoms with Crippen LogP contribution >= 0.6 is 0 Å². The lowest BCUT2D eigenvalue weighted by Crippen LogP contribution is -2.50. The number of aryl methyl sites for hydroxylation is 4. The van der Waals surface area contributed by atoms with E-state index in [4.69, 9.17) is 4.52 Å². The number of sulfonamides is 1. The molecule has 0 spiro atoms. The summed E-state index contributed by atoms with van der Waals surface area (Å²) >= 11 is 0. The molecule has 1 aliphatic heterocycles. The van der Waals surface area contributed by atoms with Gasteiger partial charge in [-0.2, -0.15) is 4.31 Å². The highest BCUT2D eigenvalue weighted by Gasteiger charge is 2.32. The molecular formula is C18H23N3O4S. The van der Waals surface area contributed by atoms with E-state index in [1.807, 2.05) is 13.0 Å². The Morgan fingerprint density at radius 3 is 2.27 bits per heavy atom. The van der Waals surface area contributed by atoms with E-state index in [2.05, 4.69) is 5.16 Å². The van der Waals surface area contributed by atoms with Gasteiger partial charge >= 0.3 is 0 Å². The Hall–Kier alpha value is -2.19. The van der Waals surface area contributed by atoms with Crippen molar-refractivity contribution in [1.29, 1.82) is 0 Å². The molecule has 1 aromatic heterocycles. The van der Waals surface area contributed by atoms with E-state index in [9.17, 15) is 13.2 Å². The van der Waals surface area contributed by atoms with Crippen molar-refractivity contribution in [1.82, 2.24) is 14.4 Å². The number of hydrogen-bond donors (Lipinski definition) is 0. The van der Waals surface area contributed by atoms with Gasteiger partial charge in [0.1, 0.15) is 11.3 Å². The average molecular weight is 377 g/mol. The van der Waals surface area contributed by atoms with E-state index >= 15 is 0 Å². The van der Waals surface area contributed by atoms with Crippen LogP contribution in [0, 0.1) is 27.7 Å². The van der Waals surface area contributed by atoms with Crippen LogP contribution in [0.15, 0.2) is 27.6 Å². The SMILES string of the molecule is Cc1ccc(S(=O)(=O)N2CCN(C(=O)c3c(C)noc3C)CC2)c(C)c1. The molecule has 1 saturated heterocycles. The fraction of sp³-hybridized carbons (Fsp3) is 0.444. The highest BCUT2D eigenvalue weighted by atomic mass is 32.2. The van der Waals surface area contributed by atoms with Crippen molar-refractivity contribution >= 4 is 15.9 Å². The topological polar surface area (TPSA) is 83.7 Å². The normalized spacial score (nSPS) is 16.1. The maximum atomic E-state index is 12.9. The number of carbonyl (C=O) groups is 1. The molecule has 1 amide bonds. The van der Waals surface area contributed by atoms with Crippen LogP contribution in [0.5, 0.6) is 0 Å². The molecule has 1 aliphatic rings. The van der Waals surface area contributed by atoms with Crippen molar-refractivity contribution in [3.05, 3.63) is 46.3 Å². The number of aromatic nitrogens is 1. The summed E-state index contributed by atoms with van der Waals surface area (Å²) in [4.78, 5) is 14.7. The lowest BCUT2D eigenvalue weighted by Gasteiger charge is -2.34. The summed E-state index contributed by atoms with van der Waals surface area (Å²) in [6.07, 6.45) is 0. The Labute approximate surface area is 153 Å². The van der Waals surface area contributed by atoms with Crippen LogP contribution in [0.25, 0.3) is 0 Å². The van der Waals surface area contributed by atoms with E-state index in [0.717, 1.165) is 11.1 Å². The fourth-order valence-electron chi connectivity index (χ4n) is 3.31. The summed E-state index contributed by atoms with van der Waals surface area (Å²) in [5.41, 5.74) is 2.78. The van der Waals surface area contributed by atoms with Gasteiger partial charge in [0.05, 0.1) is 10.6 Å². The van der Waals surface area contributed by atoms with E-state index in [-0.39, 0.29) is 19.0 Å². The van der Waals surface area contributed by atoms with Gasteiger partial charge in [-0.05, 0) is 39.3 Å². The first kappa shape index (κ1) is 18.6. The highest BCUT2D eigenvalue weighted by Crippen LogP contribution is 2.23. The summed E-state index contributed by atoms with van der Waals surface area (Å²) in [7, 11) is -3.56. The number of benzene rings is 1. The zero-order valence-electron chi connectivity index (χ0n) is 15.4. The van der Waals surface area contributed by atoms with Crippen LogP contribution < -0.4 is 0 Å². The highest BCUT2D eigenvalue weighted by molar-refractivity contribution is 7.89. The van der Waals surface area contributed by atoms with Crippen molar-refractivity contribution in [2.24, 2.45) is 0 Å². The van der Waals surface area contributed by atoms with Gasteiger partial charge in [0, 0.05) is 26.2 Å². The second-order valence-corrected chi connectivity index (χ2v) is 8.57. The summed E-state index contributed by atoms with van der Waals surface area (Å²) in [6.45, 7) is 8.38. The molecule has 2 aromatic rings. The second-order valence-electron chi connectivity index (χ2n) is 6.66. The van der Waals surface area contributed by atoms with Crippen molar-refractivity contribution in [2.45, 2.75) is 32.6 Å². The quantitative estimate of drug-likeness (QED) is 0.817. The first-order chi connectivity index (χ1) is 12.2. The maximum Gasteiger partial charge on any atom is 0.259 e. The number of rotatable bonds is 3. The molecule has 0 unspecified atom stereocenters. The molecule has 1 aromatic carbocycles. The Kier molecular flexibility index (Phi) is 4.90. The Balaban J connectivity index is 1.75. The van der Waals surface area contributed by atoms with E-state index < -0.39 is 10.0 Å². The third-order valence-electron chi connectivity index (χ3n) is 4.72. The van der Waals surface area contributed by atoms with E-state index in [1.54, 1.807) is 37.8 Å². The summed E-state index contributed by atoms with van der Waals surface area (Å²) in [6, 6.07) is 5.32. The lowest BCUT2D eigenvalue weighted by molar-refractivity contribution is 0.0695. The predicted octanol–water partition coefficient (Wildman–Crippen LogP) is 2.05. The number of nitrogens with zero attached hydrogens (tertiary/aromatic N) is 3. The minimum atomic E-state index is -3.56. The molecule has 0 atom stereocenters. The summed E-state index contributed by atoms with van der Waals surface area (Å²) < 4.78 is 32.4. The van der Waals surface area contributed by atoms with Crippen molar-refractivity contribution in [3.8, 4) is 0 Å². The summed E-state index contributed by atoms with van der Waals surface area (Å²) in [5, 5.41) is 3.81. The van der Waals surface area contributed by atoms with Gasteiger partial charge in [-0.1, -0.05) is 22.9 Å². The van der Waals surface area contributed by atoms with Crippen molar-refractivity contribution in [3.63, 3.8) is 0 Å². The zero-order chi connectivity index (χ0) is 19.1. The minimum Gasteiger partial charge on any atom is -0.361 e. The largest absolute Gasteiger partial charge is 0.361 e. The minimum absolute atomic E-state index is 0.162. The van der Waals surface area contributed by atoms with Gasteiger partial charge in [-0.3, -0.25) is 4.79 Å². The van der Waals surface area contributed by atoms with Gasteiger partial charge in [0.2, 0.25) is 10.0 Å². The number of hydrogen-bond acceptors (Lipinski definition) is 5. The van der Waals surface area contributed by atoms with Gasteiger partial charge in [0.25, 0.3) is 5.91 Å². The molecule has 7 nitrogen and oxygen atoms in total. The first-order valence-corrected chi connectivity index (χ1v) is 9.95. The Morgan fingerprint density at radius 1 is 1.08 bits per heavy atom. The molecule has 0 radical (unpaired) electrons. The van der Waals surface area contributed by atoms with Crippen LogP contribution in [-0.2, 0) is 10.0 Å². The molecule has 0 aliphatic carbocycles. The zero-order valence-corrected chi connectivity index (χ0v) is 16.3. The molecular weight excluding hydrogens is 354 g/mol. The van der Waals surface area contributed by atoms with Gasteiger partial charge in [-0.25, -0.2) is 8.42 Å². The third-order valence-corrected chi connectivity index (χ3v) is 6.78. The molecule has 2 heterocycles. The molecule has 0 saturated carbocycles. The van der Waals surface area contributed by atoms with Gasteiger partial charge < -0.3 is 9.42 Å². The standard InChI is InChI=1S/C18H23N3O4S/c1-12-5-6-16(13(2)11-12)26(23,24)21-9-7-20(8-10-21)18(22)17-14(3)19-25-15(17)4/h5-6,11H,7-10H2,1-4H3. The van der Waals surface area contributed by atoms with Crippen LogP contribution in [0.2, 0.25) is 0 Å². The molecule has 8 heteroatoms. The van der Waals surface area contributed by atoms with Crippen LogP contribution in [-0.4, -0.2) is 54.9 Å². The van der Waals surface area contributed by atoms with Gasteiger partial charge in [0.15, 0.2) is 0 Å². The van der Waals surface area contributed by atoms with Crippen LogP contribution in [0.4, 0.5) is 0 Å². The second kappa shape index (κ2) is 6.85. The van der Waals surface area contributed by atoms with Gasteiger partial charge in [-0.15, -0.1) is 0 Å². The number of piperazine rings is 1. The maximum absolute atomic E-state index is 12.9. The molecule has 1 fully saturated rings. The first-order valence-electron chi connectivity index (χ1n) is 8.51. The number of carbonyl (C=O) groups excluding carboxylic acids is 1. The van der Waals surface area contributed by atoms with Crippen LogP contribution in [0.3, 0.4) is 0 Å². The third kappa shape index (κ3) is 3.26. The molecule has 140 valence electrons. The van der Waals surface area contributed by atoms with E-state index in [1.165, 1.54) is 4.31 Å². The molecule has 3 rings (SSSR count). The summed E-state index contributed by atoms with van der Waals surface area (Å²) in [5.74, 6) is 0.322. The molecule has 0 bridgehead atoms. The monoisotopic (exact) mass is 377 g/mol. The van der Waals surface area contributed by atoms with Crippen LogP contribution in [0.1, 0.15) is 32.9 Å². The lowest BCUT2D eigenvalue weighted by atomic mass is 10.1. The smallest absolute Gasteiger partial charge is 0.259 e. The number of amides is 1. The average Bonchev–Trinajstić information content (AvgIpc) is 2.92. The van der Waals surface area contributed by atoms with Crippen molar-refractivity contribution in [2.75, 3.05) is 26.2 Å². The molecule has 26 heavy (non-hydrogen) atoms. The predicted molar refractivity (Wildman–Crippen MR) is 96.6 cm³/mol. The van der Waals surface area contributed by atoms with Crippen molar-refractivity contribution < 1.29 is 17.7 Å². The Morgan fingerprint density at radius 2 is 1.73 bits per heavy atom. The Bertz CT molecular complexity index is 922.